The van der Waals surface area contributed by atoms with Crippen LogP contribution in [0.3, 0.4) is 0 Å². The van der Waals surface area contributed by atoms with Gasteiger partial charge < -0.3 is 29.0 Å². The van der Waals surface area contributed by atoms with Crippen molar-refractivity contribution in [1.29, 1.82) is 0 Å². The van der Waals surface area contributed by atoms with Gasteiger partial charge in [0.1, 0.15) is 11.5 Å². The highest BCUT2D eigenvalue weighted by Gasteiger charge is 2.47. The maximum atomic E-state index is 13.5. The average Bonchev–Trinajstić information content (AvgIpc) is 3.63. The minimum absolute atomic E-state index is 0.0585. The van der Waals surface area contributed by atoms with Gasteiger partial charge in [0.15, 0.2) is 11.5 Å². The second-order valence-corrected chi connectivity index (χ2v) is 10.3. The third-order valence-corrected chi connectivity index (χ3v) is 7.94. The summed E-state index contributed by atoms with van der Waals surface area (Å²) in [5.74, 6) is 0.771. The molecular weight excluding hydrogens is 524 g/mol. The molecule has 3 atom stereocenters. The fourth-order valence-electron chi connectivity index (χ4n) is 5.89. The molecule has 3 aromatic rings. The summed E-state index contributed by atoms with van der Waals surface area (Å²) in [5, 5.41) is 10.5. The predicted octanol–water partition coefficient (Wildman–Crippen LogP) is 4.83. The van der Waals surface area contributed by atoms with Gasteiger partial charge in [0.25, 0.3) is 5.91 Å². The molecule has 41 heavy (non-hydrogen) atoms. The van der Waals surface area contributed by atoms with Gasteiger partial charge in [-0.05, 0) is 66.1 Å². The van der Waals surface area contributed by atoms with Crippen LogP contribution in [0.15, 0.2) is 66.7 Å². The number of hydrogen-bond donors (Lipinski definition) is 1. The summed E-state index contributed by atoms with van der Waals surface area (Å²) in [6, 6.07) is 20.0. The molecule has 5 rings (SSSR count). The largest absolute Gasteiger partial charge is 0.497 e. The van der Waals surface area contributed by atoms with Crippen molar-refractivity contribution in [2.45, 2.75) is 25.3 Å². The van der Waals surface area contributed by atoms with Crippen LogP contribution in [0.5, 0.6) is 23.0 Å². The second kappa shape index (κ2) is 12.5. The summed E-state index contributed by atoms with van der Waals surface area (Å²) in [4.78, 5) is 30.4. The number of carboxylic acid groups (broad SMARTS) is 1. The molecule has 0 radical (unpaired) electrons. The van der Waals surface area contributed by atoms with E-state index < -0.39 is 17.9 Å². The molecule has 0 spiro atoms. The van der Waals surface area contributed by atoms with E-state index in [1.165, 1.54) is 0 Å². The highest BCUT2D eigenvalue weighted by atomic mass is 16.7. The molecule has 9 heteroatoms. The van der Waals surface area contributed by atoms with Gasteiger partial charge >= 0.3 is 5.97 Å². The van der Waals surface area contributed by atoms with Crippen molar-refractivity contribution in [2.75, 3.05) is 47.2 Å². The normalized spacial score (nSPS) is 19.6. The van der Waals surface area contributed by atoms with Crippen LogP contribution in [0.1, 0.15) is 46.8 Å². The van der Waals surface area contributed by atoms with Gasteiger partial charge in [-0.1, -0.05) is 25.1 Å². The smallest absolute Gasteiger partial charge is 0.309 e. The van der Waals surface area contributed by atoms with Crippen LogP contribution in [0.4, 0.5) is 0 Å². The average molecular weight is 561 g/mol. The minimum atomic E-state index is -0.865. The molecule has 1 fully saturated rings. The van der Waals surface area contributed by atoms with Crippen LogP contribution in [0.2, 0.25) is 0 Å². The Kier molecular flexibility index (Phi) is 8.64. The van der Waals surface area contributed by atoms with Crippen molar-refractivity contribution in [3.63, 3.8) is 0 Å². The molecule has 216 valence electrons. The number of amides is 1. The van der Waals surface area contributed by atoms with Gasteiger partial charge in [-0.2, -0.15) is 0 Å². The maximum absolute atomic E-state index is 13.5. The lowest BCUT2D eigenvalue weighted by atomic mass is 9.82. The van der Waals surface area contributed by atoms with Gasteiger partial charge in [-0.15, -0.1) is 0 Å². The van der Waals surface area contributed by atoms with E-state index in [1.54, 1.807) is 38.5 Å². The second-order valence-electron chi connectivity index (χ2n) is 10.3. The molecule has 2 heterocycles. The van der Waals surface area contributed by atoms with Crippen molar-refractivity contribution in [3.8, 4) is 23.0 Å². The molecule has 0 aromatic heterocycles. The van der Waals surface area contributed by atoms with E-state index in [4.69, 9.17) is 18.9 Å². The molecule has 0 aliphatic carbocycles. The lowest BCUT2D eigenvalue weighted by Gasteiger charge is -2.30. The standard InChI is InChI=1S/C32H36N2O7/c1-4-15-33(31(35)22-7-12-25(39-3)13-8-22)16-17-34-19-26(23-9-14-27-28(18-23)41-20-40-27)29(32(36)37)30(34)21-5-10-24(38-2)11-6-21/h5-14,18,26,29-30H,4,15-17,19-20H2,1-3H3,(H,36,37)/t26?,29-,30+/m0/s1. The first kappa shape index (κ1) is 28.3. The van der Waals surface area contributed by atoms with E-state index in [1.807, 2.05) is 54.3 Å². The molecule has 0 saturated carbocycles. The minimum Gasteiger partial charge on any atom is -0.497 e. The topological polar surface area (TPSA) is 97.8 Å². The number of carboxylic acids is 1. The molecular formula is C32H36N2O7. The van der Waals surface area contributed by atoms with Gasteiger partial charge in [-0.3, -0.25) is 14.5 Å². The first-order chi connectivity index (χ1) is 19.9. The van der Waals surface area contributed by atoms with E-state index in [0.29, 0.717) is 54.7 Å². The first-order valence-corrected chi connectivity index (χ1v) is 13.9. The van der Waals surface area contributed by atoms with Crippen molar-refractivity contribution < 1.29 is 33.6 Å². The van der Waals surface area contributed by atoms with Crippen molar-refractivity contribution in [1.82, 2.24) is 9.80 Å². The van der Waals surface area contributed by atoms with E-state index in [-0.39, 0.29) is 18.6 Å². The summed E-state index contributed by atoms with van der Waals surface area (Å²) in [6.07, 6.45) is 0.807. The third-order valence-electron chi connectivity index (χ3n) is 7.94. The van der Waals surface area contributed by atoms with Crippen LogP contribution in [-0.2, 0) is 4.79 Å². The SMILES string of the molecule is CCCN(CCN1CC(c2ccc3c(c2)OCO3)[C@H](C(=O)O)[C@H]1c1ccc(OC)cc1)C(=O)c1ccc(OC)cc1. The van der Waals surface area contributed by atoms with E-state index in [2.05, 4.69) is 4.90 Å². The number of likely N-dealkylation sites (tertiary alicyclic amines) is 1. The summed E-state index contributed by atoms with van der Waals surface area (Å²) in [5.41, 5.74) is 2.38. The summed E-state index contributed by atoms with van der Waals surface area (Å²) < 4.78 is 21.7. The fraction of sp³-hybridized carbons (Fsp3) is 0.375. The van der Waals surface area contributed by atoms with Gasteiger partial charge in [0.05, 0.1) is 20.1 Å². The number of aliphatic carboxylic acids is 1. The highest BCUT2D eigenvalue weighted by Crippen LogP contribution is 2.47. The molecule has 1 saturated heterocycles. The lowest BCUT2D eigenvalue weighted by Crippen LogP contribution is -2.39. The zero-order valence-corrected chi connectivity index (χ0v) is 23.6. The number of benzene rings is 3. The monoisotopic (exact) mass is 560 g/mol. The summed E-state index contributed by atoms with van der Waals surface area (Å²) in [6.45, 7) is 4.29. The quantitative estimate of drug-likeness (QED) is 0.356. The van der Waals surface area contributed by atoms with Crippen molar-refractivity contribution >= 4 is 11.9 Å². The molecule has 2 aliphatic heterocycles. The predicted molar refractivity (Wildman–Crippen MR) is 153 cm³/mol. The molecule has 0 bridgehead atoms. The van der Waals surface area contributed by atoms with E-state index >= 15 is 0 Å². The Morgan fingerprint density at radius 2 is 1.54 bits per heavy atom. The summed E-state index contributed by atoms with van der Waals surface area (Å²) >= 11 is 0. The lowest BCUT2D eigenvalue weighted by molar-refractivity contribution is -0.143. The Balaban J connectivity index is 1.44. The first-order valence-electron chi connectivity index (χ1n) is 13.9. The molecule has 1 amide bonds. The number of rotatable bonds is 11. The van der Waals surface area contributed by atoms with Crippen LogP contribution < -0.4 is 18.9 Å². The number of carbonyl (C=O) groups excluding carboxylic acids is 1. The van der Waals surface area contributed by atoms with Gasteiger partial charge in [-0.25, -0.2) is 0 Å². The van der Waals surface area contributed by atoms with Crippen molar-refractivity contribution in [3.05, 3.63) is 83.4 Å². The zero-order valence-electron chi connectivity index (χ0n) is 23.6. The Morgan fingerprint density at radius 1 is 0.902 bits per heavy atom. The number of fused-ring (bicyclic) bond motifs is 1. The van der Waals surface area contributed by atoms with Crippen LogP contribution in [-0.4, -0.2) is 74.0 Å². The molecule has 9 nitrogen and oxygen atoms in total. The number of nitrogens with zero attached hydrogens (tertiary/aromatic N) is 2. The van der Waals surface area contributed by atoms with Crippen molar-refractivity contribution in [2.24, 2.45) is 5.92 Å². The van der Waals surface area contributed by atoms with Crippen LogP contribution in [0, 0.1) is 5.92 Å². The van der Waals surface area contributed by atoms with E-state index in [9.17, 15) is 14.7 Å². The van der Waals surface area contributed by atoms with Gasteiger partial charge in [0.2, 0.25) is 6.79 Å². The van der Waals surface area contributed by atoms with Crippen LogP contribution in [0.25, 0.3) is 0 Å². The molecule has 1 N–H and O–H groups in total. The Labute approximate surface area is 240 Å². The summed E-state index contributed by atoms with van der Waals surface area (Å²) in [7, 11) is 3.20. The number of hydrogen-bond acceptors (Lipinski definition) is 7. The van der Waals surface area contributed by atoms with Crippen LogP contribution >= 0.6 is 0 Å². The molecule has 3 aromatic carbocycles. The number of carbonyl (C=O) groups is 2. The number of ether oxygens (including phenoxy) is 4. The Bertz CT molecular complexity index is 1360. The number of methoxy groups -OCH3 is 2. The molecule has 1 unspecified atom stereocenters. The maximum Gasteiger partial charge on any atom is 0.309 e. The van der Waals surface area contributed by atoms with E-state index in [0.717, 1.165) is 17.5 Å². The third kappa shape index (κ3) is 5.95. The molecule has 2 aliphatic rings. The fourth-order valence-corrected chi connectivity index (χ4v) is 5.89. The Hall–Kier alpha value is -4.24. The van der Waals surface area contributed by atoms with Gasteiger partial charge in [0, 0.05) is 43.7 Å². The zero-order chi connectivity index (χ0) is 28.9. The highest BCUT2D eigenvalue weighted by molar-refractivity contribution is 5.94. The Morgan fingerprint density at radius 3 is 2.17 bits per heavy atom.